The monoisotopic (exact) mass is 497 g/mol. The zero-order valence-corrected chi connectivity index (χ0v) is 18.4. The predicted molar refractivity (Wildman–Crippen MR) is 122 cm³/mol. The van der Waals surface area contributed by atoms with E-state index in [2.05, 4.69) is 20.6 Å². The maximum Gasteiger partial charge on any atom is 0.416 e. The Kier molecular flexibility index (Phi) is 6.86. The van der Waals surface area contributed by atoms with Crippen molar-refractivity contribution >= 4 is 17.7 Å². The number of hydrogen-bond acceptors (Lipinski definition) is 5. The number of ether oxygens (including phenoxy) is 1. The van der Waals surface area contributed by atoms with Gasteiger partial charge >= 0.3 is 18.2 Å². The third-order valence-electron chi connectivity index (χ3n) is 4.92. The summed E-state index contributed by atoms with van der Waals surface area (Å²) < 4.78 is 46.7. The first kappa shape index (κ1) is 24.3. The van der Waals surface area contributed by atoms with Gasteiger partial charge in [-0.05, 0) is 42.0 Å². The molecule has 3 N–H and O–H groups in total. The van der Waals surface area contributed by atoms with E-state index in [9.17, 15) is 22.8 Å². The van der Waals surface area contributed by atoms with Crippen molar-refractivity contribution in [1.82, 2.24) is 19.9 Å². The van der Waals surface area contributed by atoms with Crippen molar-refractivity contribution in [1.29, 1.82) is 0 Å². The van der Waals surface area contributed by atoms with Crippen LogP contribution in [0.25, 0.3) is 5.69 Å². The number of alkyl halides is 3. The lowest BCUT2D eigenvalue weighted by Gasteiger charge is -2.15. The zero-order valence-electron chi connectivity index (χ0n) is 18.4. The van der Waals surface area contributed by atoms with Crippen LogP contribution in [0.5, 0.6) is 11.5 Å². The molecular formula is C24H18F3N5O4. The Morgan fingerprint density at radius 1 is 1.00 bits per heavy atom. The van der Waals surface area contributed by atoms with Crippen molar-refractivity contribution in [2.45, 2.75) is 12.7 Å². The van der Waals surface area contributed by atoms with Crippen LogP contribution in [0, 0.1) is 0 Å². The lowest BCUT2D eigenvalue weighted by Crippen LogP contribution is -2.28. The van der Waals surface area contributed by atoms with Crippen molar-refractivity contribution in [3.8, 4) is 17.2 Å². The van der Waals surface area contributed by atoms with Crippen molar-refractivity contribution < 1.29 is 32.6 Å². The number of nitrogens with zero attached hydrogens (tertiary/aromatic N) is 3. The molecule has 0 radical (unpaired) electrons. The van der Waals surface area contributed by atoms with Crippen LogP contribution < -0.4 is 15.4 Å². The van der Waals surface area contributed by atoms with E-state index in [1.54, 1.807) is 30.5 Å². The molecule has 9 nitrogen and oxygen atoms in total. The van der Waals surface area contributed by atoms with Gasteiger partial charge in [0.1, 0.15) is 11.5 Å². The summed E-state index contributed by atoms with van der Waals surface area (Å²) in [4.78, 5) is 31.1. The predicted octanol–water partition coefficient (Wildman–Crippen LogP) is 5.10. The van der Waals surface area contributed by atoms with Gasteiger partial charge in [-0.1, -0.05) is 12.1 Å². The van der Waals surface area contributed by atoms with Gasteiger partial charge in [0, 0.05) is 31.2 Å². The fourth-order valence-electron chi connectivity index (χ4n) is 3.19. The van der Waals surface area contributed by atoms with Crippen LogP contribution in [0.1, 0.15) is 21.6 Å². The Morgan fingerprint density at radius 2 is 1.78 bits per heavy atom. The summed E-state index contributed by atoms with van der Waals surface area (Å²) in [7, 11) is 0. The number of benzene rings is 2. The van der Waals surface area contributed by atoms with Crippen molar-refractivity contribution in [3.05, 3.63) is 96.3 Å². The summed E-state index contributed by atoms with van der Waals surface area (Å²) in [5.41, 5.74) is -0.0861. The highest BCUT2D eigenvalue weighted by atomic mass is 19.4. The molecule has 4 aromatic rings. The van der Waals surface area contributed by atoms with E-state index >= 15 is 0 Å². The molecule has 36 heavy (non-hydrogen) atoms. The minimum Gasteiger partial charge on any atom is -0.477 e. The second kappa shape index (κ2) is 10.2. The van der Waals surface area contributed by atoms with Crippen molar-refractivity contribution in [2.75, 3.05) is 5.32 Å². The molecule has 2 heterocycles. The van der Waals surface area contributed by atoms with Crippen molar-refractivity contribution in [2.24, 2.45) is 0 Å². The minimum absolute atomic E-state index is 0.0397. The first-order chi connectivity index (χ1) is 17.2. The fraction of sp³-hybridized carbons (Fsp3) is 0.0833. The Morgan fingerprint density at radius 3 is 2.44 bits per heavy atom. The largest absolute Gasteiger partial charge is 0.477 e. The molecule has 0 unspecified atom stereocenters. The standard InChI is InChI=1S/C24H18F3N5O4/c25-24(26,27)16-3-6-21(32-10-9-28-14-32)19(11-16)31-23(35)30-13-15-1-4-17(5-2-15)36-18-7-8-29-20(12-18)22(33)34/h1-12,14H,13H2,(H,33,34)(H2,30,31,35). The Labute approximate surface area is 202 Å². The van der Waals surface area contributed by atoms with Crippen LogP contribution in [0.15, 0.2) is 79.5 Å². The number of nitrogens with one attached hydrogen (secondary N) is 2. The molecule has 0 bridgehead atoms. The van der Waals surface area contributed by atoms with Gasteiger partial charge < -0.3 is 25.0 Å². The van der Waals surface area contributed by atoms with Crippen LogP contribution in [0.2, 0.25) is 0 Å². The first-order valence-electron chi connectivity index (χ1n) is 10.4. The summed E-state index contributed by atoms with van der Waals surface area (Å²) in [6.45, 7) is 0.0872. The number of imidazole rings is 1. The lowest BCUT2D eigenvalue weighted by atomic mass is 10.1. The van der Waals surface area contributed by atoms with Crippen LogP contribution >= 0.6 is 0 Å². The fourth-order valence-corrected chi connectivity index (χ4v) is 3.19. The molecule has 0 atom stereocenters. The number of pyridine rings is 1. The number of urea groups is 1. The molecule has 2 aromatic carbocycles. The lowest BCUT2D eigenvalue weighted by molar-refractivity contribution is -0.137. The summed E-state index contributed by atoms with van der Waals surface area (Å²) in [5.74, 6) is -0.454. The van der Waals surface area contributed by atoms with E-state index in [1.165, 1.54) is 41.5 Å². The number of carbonyl (C=O) groups excluding carboxylic acids is 1. The molecular weight excluding hydrogens is 479 g/mol. The Bertz CT molecular complexity index is 1370. The molecule has 2 amide bonds. The molecule has 0 fully saturated rings. The van der Waals surface area contributed by atoms with Gasteiger partial charge in [-0.2, -0.15) is 13.2 Å². The number of anilines is 1. The van der Waals surface area contributed by atoms with Gasteiger partial charge in [0.2, 0.25) is 0 Å². The third-order valence-corrected chi connectivity index (χ3v) is 4.92. The average molecular weight is 497 g/mol. The number of carboxylic acid groups (broad SMARTS) is 1. The SMILES string of the molecule is O=C(NCc1ccc(Oc2ccnc(C(=O)O)c2)cc1)Nc1cc(C(F)(F)F)ccc1-n1ccnc1. The van der Waals surface area contributed by atoms with Crippen LogP contribution in [-0.4, -0.2) is 31.6 Å². The second-order valence-corrected chi connectivity index (χ2v) is 7.44. The number of rotatable bonds is 7. The molecule has 0 spiro atoms. The topological polar surface area (TPSA) is 118 Å². The molecule has 0 saturated heterocycles. The number of halogens is 3. The summed E-state index contributed by atoms with van der Waals surface area (Å²) in [5, 5.41) is 14.1. The van der Waals surface area contributed by atoms with E-state index < -0.39 is 23.7 Å². The smallest absolute Gasteiger partial charge is 0.416 e. The number of aromatic carboxylic acids is 1. The minimum atomic E-state index is -4.57. The molecule has 0 aliphatic carbocycles. The third kappa shape index (κ3) is 5.97. The maximum atomic E-state index is 13.2. The highest BCUT2D eigenvalue weighted by Gasteiger charge is 2.31. The molecule has 184 valence electrons. The number of amides is 2. The van der Waals surface area contributed by atoms with Crippen LogP contribution in [0.4, 0.5) is 23.7 Å². The summed E-state index contributed by atoms with van der Waals surface area (Å²) >= 11 is 0. The highest BCUT2D eigenvalue weighted by Crippen LogP contribution is 2.33. The van der Waals surface area contributed by atoms with Gasteiger partial charge in [-0.15, -0.1) is 0 Å². The Balaban J connectivity index is 1.40. The van der Waals surface area contributed by atoms with Gasteiger partial charge in [0.05, 0.1) is 23.3 Å². The molecule has 0 aliphatic heterocycles. The normalized spacial score (nSPS) is 11.1. The van der Waals surface area contributed by atoms with Crippen LogP contribution in [-0.2, 0) is 12.7 Å². The van der Waals surface area contributed by atoms with Gasteiger partial charge in [-0.25, -0.2) is 19.6 Å². The van der Waals surface area contributed by atoms with Crippen molar-refractivity contribution in [3.63, 3.8) is 0 Å². The van der Waals surface area contributed by atoms with Gasteiger partial charge in [0.25, 0.3) is 0 Å². The molecule has 0 aliphatic rings. The van der Waals surface area contributed by atoms with Gasteiger partial charge in [0.15, 0.2) is 5.69 Å². The Hall–Kier alpha value is -4.87. The molecule has 2 aromatic heterocycles. The van der Waals surface area contributed by atoms with Crippen LogP contribution in [0.3, 0.4) is 0 Å². The van der Waals surface area contributed by atoms with Gasteiger partial charge in [-0.3, -0.25) is 0 Å². The summed E-state index contributed by atoms with van der Waals surface area (Å²) in [6, 6.07) is 11.7. The first-order valence-corrected chi connectivity index (χ1v) is 10.4. The van der Waals surface area contributed by atoms with E-state index in [1.807, 2.05) is 0 Å². The van der Waals surface area contributed by atoms with E-state index in [0.29, 0.717) is 22.7 Å². The summed E-state index contributed by atoms with van der Waals surface area (Å²) in [6.07, 6.45) is 1.16. The highest BCUT2D eigenvalue weighted by molar-refractivity contribution is 5.91. The zero-order chi connectivity index (χ0) is 25.7. The molecule has 0 saturated carbocycles. The number of carboxylic acids is 1. The number of hydrogen-bond donors (Lipinski definition) is 3. The number of carbonyl (C=O) groups is 2. The van der Waals surface area contributed by atoms with E-state index in [0.717, 1.165) is 12.1 Å². The van der Waals surface area contributed by atoms with E-state index in [4.69, 9.17) is 9.84 Å². The molecule has 12 heteroatoms. The second-order valence-electron chi connectivity index (χ2n) is 7.44. The maximum absolute atomic E-state index is 13.2. The average Bonchev–Trinajstić information content (AvgIpc) is 3.38. The number of aromatic nitrogens is 3. The molecule has 4 rings (SSSR count). The quantitative estimate of drug-likeness (QED) is 0.327. The van der Waals surface area contributed by atoms with E-state index in [-0.39, 0.29) is 17.9 Å².